The fourth-order valence-electron chi connectivity index (χ4n) is 5.52. The average molecular weight is 1100 g/mol. The number of aromatic nitrogens is 3. The Morgan fingerprint density at radius 2 is 1.23 bits per heavy atom. The number of halogens is 1. The van der Waals surface area contributed by atoms with Crippen LogP contribution in [0.4, 0.5) is 40.3 Å². The molecule has 4 N–H and O–H groups in total. The van der Waals surface area contributed by atoms with Gasteiger partial charge in [0.2, 0.25) is 27.6 Å². The number of amides is 1. The number of benzene rings is 5. The number of aromatic hydroxyl groups is 1. The van der Waals surface area contributed by atoms with Crippen molar-refractivity contribution >= 4 is 119 Å². The molecule has 1 amide bonds. The Bertz CT molecular complexity index is 3530. The van der Waals surface area contributed by atoms with Gasteiger partial charge in [0, 0.05) is 28.0 Å². The van der Waals surface area contributed by atoms with Gasteiger partial charge in [-0.25, -0.2) is 42.1 Å². The van der Waals surface area contributed by atoms with Crippen LogP contribution in [-0.4, -0.2) is 98.6 Å². The average Bonchev–Trinajstić information content (AvgIpc) is 3.18. The summed E-state index contributed by atoms with van der Waals surface area (Å²) in [7, 11) is -25.1. The third-order valence-corrected chi connectivity index (χ3v) is 13.2. The van der Waals surface area contributed by atoms with Gasteiger partial charge in [0.1, 0.15) is 41.7 Å². The SMILES string of the molecule is O=C(Nc1cccc(S(=O)(=O)CCOS(=O)(=O)[O-])c1)c1ccc(Nc2nc(Cl)nc(Nc3ccc(S(=O)(=O)[O-])c(N=Nc4c(S(=O)(=O)[O-])cc5cc(S(=O)(=O)[O-])ccc5c4O)c3)n2)cc1.[Na+].[Na+].[Na+].[Na+]. The van der Waals surface area contributed by atoms with Crippen LogP contribution in [0.5, 0.6) is 5.75 Å². The van der Waals surface area contributed by atoms with Crippen LogP contribution in [0.1, 0.15) is 10.4 Å². The van der Waals surface area contributed by atoms with Crippen molar-refractivity contribution < 1.29 is 193 Å². The molecule has 0 aliphatic rings. The van der Waals surface area contributed by atoms with E-state index < -0.39 is 101 Å². The number of fused-ring (bicyclic) bond motifs is 1. The number of sulfone groups is 1. The molecule has 0 radical (unpaired) electrons. The molecular weight excluding hydrogens is 1080 g/mol. The van der Waals surface area contributed by atoms with Crippen LogP contribution in [0.2, 0.25) is 5.28 Å². The maximum Gasteiger partial charge on any atom is 1.00 e. The van der Waals surface area contributed by atoms with Crippen molar-refractivity contribution in [3.05, 3.63) is 102 Å². The number of azo groups is 1. The summed E-state index contributed by atoms with van der Waals surface area (Å²) in [5, 5.41) is 25.0. The van der Waals surface area contributed by atoms with Crippen molar-refractivity contribution in [3.8, 4) is 5.75 Å². The number of phenols is 1. The normalized spacial score (nSPS) is 11.9. The summed E-state index contributed by atoms with van der Waals surface area (Å²) in [6.45, 7) is -0.914. The maximum atomic E-state index is 13.0. The molecule has 0 saturated carbocycles. The second kappa shape index (κ2) is 25.1. The van der Waals surface area contributed by atoms with E-state index in [-0.39, 0.29) is 168 Å². The molecule has 25 nitrogen and oxygen atoms in total. The molecule has 1 aromatic heterocycles. The Morgan fingerprint density at radius 1 is 0.638 bits per heavy atom. The molecule has 6 rings (SSSR count). The molecule has 342 valence electrons. The van der Waals surface area contributed by atoms with Gasteiger partial charge in [-0.1, -0.05) is 6.07 Å². The van der Waals surface area contributed by atoms with Gasteiger partial charge in [0.15, 0.2) is 15.6 Å². The van der Waals surface area contributed by atoms with Crippen LogP contribution in [-0.2, 0) is 54.8 Å². The first-order valence-corrected chi connectivity index (χ1v) is 24.8. The first-order chi connectivity index (χ1) is 30.2. The molecule has 0 aliphatic heterocycles. The molecule has 6 aromatic rings. The van der Waals surface area contributed by atoms with Crippen LogP contribution >= 0.6 is 11.6 Å². The van der Waals surface area contributed by atoms with E-state index in [1.165, 1.54) is 42.5 Å². The van der Waals surface area contributed by atoms with E-state index in [0.717, 1.165) is 36.4 Å². The molecule has 0 unspecified atom stereocenters. The standard InChI is InChI=1S/C34H27ClN8O17S5.4Na/c35-32-39-33(37-20-6-4-18(5-7-20)31(45)36-21-2-1-3-23(16-21)61(46,47)13-12-60-65(57,58)59)41-34(40-32)38-22-8-11-27(63(51,52)53)26(17-22)42-43-29-28(64(54,55)56)15-19-14-24(62(48,49)50)9-10-25(19)30(29)44;;;;/h1-11,14-17,44H,12-13H2,(H,36,45)(H,48,49,50)(H,51,52,53)(H,54,55,56)(H,57,58,59)(H2,37,38,39,40,41);;;;/q;4*+1/p-4. The molecule has 69 heavy (non-hydrogen) atoms. The summed E-state index contributed by atoms with van der Waals surface area (Å²) < 4.78 is 168. The predicted molar refractivity (Wildman–Crippen MR) is 220 cm³/mol. The Balaban J connectivity index is 0.00000408. The number of hydrogen-bond acceptors (Lipinski definition) is 24. The van der Waals surface area contributed by atoms with Crippen molar-refractivity contribution in [2.45, 2.75) is 19.6 Å². The quantitative estimate of drug-likeness (QED) is 0.0303. The minimum absolute atomic E-state index is 0. The zero-order valence-corrected chi connectivity index (χ0v) is 48.5. The number of nitrogens with one attached hydrogen (secondary N) is 3. The van der Waals surface area contributed by atoms with E-state index in [0.29, 0.717) is 17.8 Å². The van der Waals surface area contributed by atoms with Gasteiger partial charge >= 0.3 is 118 Å². The minimum atomic E-state index is -5.53. The third kappa shape index (κ3) is 17.1. The summed E-state index contributed by atoms with van der Waals surface area (Å²) in [5.74, 6) is -3.02. The molecule has 0 atom stereocenters. The third-order valence-electron chi connectivity index (χ3n) is 8.36. The Kier molecular flexibility index (Phi) is 22.8. The van der Waals surface area contributed by atoms with Crippen LogP contribution in [0.15, 0.2) is 121 Å². The summed E-state index contributed by atoms with van der Waals surface area (Å²) in [6, 6.07) is 16.3. The Hall–Kier alpha value is -2.32. The van der Waals surface area contributed by atoms with E-state index in [9.17, 15) is 70.2 Å². The minimum Gasteiger partial charge on any atom is -0.744 e. The topological polar surface area (TPSA) is 409 Å². The van der Waals surface area contributed by atoms with Crippen molar-refractivity contribution in [3.63, 3.8) is 0 Å². The molecular formula is C34H23ClN8Na4O17S5. The van der Waals surface area contributed by atoms with Gasteiger partial charge in [-0.3, -0.25) is 8.98 Å². The van der Waals surface area contributed by atoms with E-state index in [4.69, 9.17) is 11.6 Å². The molecule has 35 heteroatoms. The van der Waals surface area contributed by atoms with Crippen molar-refractivity contribution in [2.75, 3.05) is 28.3 Å². The van der Waals surface area contributed by atoms with Crippen LogP contribution in [0.3, 0.4) is 0 Å². The Morgan fingerprint density at radius 3 is 1.81 bits per heavy atom. The van der Waals surface area contributed by atoms with Gasteiger partial charge in [-0.15, -0.1) is 10.2 Å². The first kappa shape index (κ1) is 62.8. The van der Waals surface area contributed by atoms with Gasteiger partial charge in [-0.05, 0) is 102 Å². The second-order valence-corrected chi connectivity index (χ2v) is 20.4. The van der Waals surface area contributed by atoms with E-state index >= 15 is 0 Å². The number of rotatable bonds is 16. The monoisotopic (exact) mass is 1100 g/mol. The molecule has 0 bridgehead atoms. The molecule has 0 aliphatic carbocycles. The van der Waals surface area contributed by atoms with Crippen molar-refractivity contribution in [1.82, 2.24) is 15.0 Å². The number of nitrogens with zero attached hydrogens (tertiary/aromatic N) is 5. The van der Waals surface area contributed by atoms with E-state index in [2.05, 4.69) is 45.3 Å². The van der Waals surface area contributed by atoms with Gasteiger partial charge in [0.25, 0.3) is 5.91 Å². The summed E-state index contributed by atoms with van der Waals surface area (Å²) in [5.41, 5.74) is -1.43. The van der Waals surface area contributed by atoms with E-state index in [1.807, 2.05) is 0 Å². The summed E-state index contributed by atoms with van der Waals surface area (Å²) in [4.78, 5) is 21.6. The van der Waals surface area contributed by atoms with E-state index in [1.54, 1.807) is 0 Å². The number of hydrogen-bond donors (Lipinski definition) is 4. The van der Waals surface area contributed by atoms with Crippen molar-refractivity contribution in [1.29, 1.82) is 0 Å². The largest absolute Gasteiger partial charge is 1.00 e. The van der Waals surface area contributed by atoms with Crippen LogP contribution in [0, 0.1) is 0 Å². The molecule has 1 heterocycles. The predicted octanol–water partition coefficient (Wildman–Crippen LogP) is -8.48. The smallest absolute Gasteiger partial charge is 0.744 e. The van der Waals surface area contributed by atoms with Gasteiger partial charge in [-0.2, -0.15) is 15.0 Å². The molecule has 0 spiro atoms. The number of phenolic OH excluding ortho intramolecular Hbond substituents is 1. The fraction of sp³-hybridized carbons (Fsp3) is 0.0588. The number of carbonyl (C=O) groups is 1. The van der Waals surface area contributed by atoms with Crippen LogP contribution < -0.4 is 134 Å². The van der Waals surface area contributed by atoms with Gasteiger partial charge < -0.3 is 39.3 Å². The zero-order chi connectivity index (χ0) is 47.7. The molecule has 0 saturated heterocycles. The second-order valence-electron chi connectivity index (χ2n) is 12.8. The summed E-state index contributed by atoms with van der Waals surface area (Å²) in [6.07, 6.45) is 0. The number of carbonyl (C=O) groups excluding carboxylic acids is 1. The van der Waals surface area contributed by atoms with Crippen LogP contribution in [0.25, 0.3) is 10.8 Å². The molecule has 0 fully saturated rings. The zero-order valence-electron chi connectivity index (χ0n) is 35.7. The summed E-state index contributed by atoms with van der Waals surface area (Å²) >= 11 is 6.11. The maximum absolute atomic E-state index is 13.0. The first-order valence-electron chi connectivity index (χ1n) is 17.2. The number of anilines is 5. The molecule has 5 aromatic carbocycles. The fourth-order valence-corrected chi connectivity index (χ4v) is 8.95. The Labute approximate surface area is 486 Å². The van der Waals surface area contributed by atoms with Crippen molar-refractivity contribution in [2.24, 2.45) is 10.2 Å². The van der Waals surface area contributed by atoms with Gasteiger partial charge in [0.05, 0.1) is 31.9 Å².